The largest absolute Gasteiger partial charge is 0.457 e. The Morgan fingerprint density at radius 3 is 2.31 bits per heavy atom. The quantitative estimate of drug-likeness (QED) is 0.740. The van der Waals surface area contributed by atoms with E-state index in [2.05, 4.69) is 15.9 Å². The van der Waals surface area contributed by atoms with Crippen molar-refractivity contribution >= 4 is 27.5 Å². The van der Waals surface area contributed by atoms with Crippen LogP contribution in [0.5, 0.6) is 11.5 Å². The van der Waals surface area contributed by atoms with Gasteiger partial charge in [-0.15, -0.1) is 0 Å². The molecule has 0 amide bonds. The molecular weight excluding hydrogens is 287 g/mol. The second kappa shape index (κ2) is 4.89. The summed E-state index contributed by atoms with van der Waals surface area (Å²) in [5, 5.41) is 0.650. The molecule has 2 aromatic carbocycles. The van der Waals surface area contributed by atoms with Crippen molar-refractivity contribution in [2.45, 2.75) is 6.92 Å². The highest BCUT2D eigenvalue weighted by atomic mass is 79.9. The van der Waals surface area contributed by atoms with Gasteiger partial charge in [0.2, 0.25) is 0 Å². The van der Waals surface area contributed by atoms with Crippen molar-refractivity contribution in [2.75, 3.05) is 0 Å². The number of hydrogen-bond acceptors (Lipinski definition) is 1. The van der Waals surface area contributed by atoms with Crippen molar-refractivity contribution in [1.82, 2.24) is 0 Å². The molecule has 2 rings (SSSR count). The van der Waals surface area contributed by atoms with E-state index in [4.69, 9.17) is 16.3 Å². The highest BCUT2D eigenvalue weighted by Gasteiger charge is 2.00. The number of rotatable bonds is 2. The Bertz CT molecular complexity index is 474. The van der Waals surface area contributed by atoms with E-state index in [0.717, 1.165) is 16.0 Å². The smallest absolute Gasteiger partial charge is 0.130 e. The van der Waals surface area contributed by atoms with Crippen molar-refractivity contribution in [3.05, 3.63) is 57.5 Å². The van der Waals surface area contributed by atoms with Crippen LogP contribution in [-0.2, 0) is 0 Å². The molecule has 82 valence electrons. The summed E-state index contributed by atoms with van der Waals surface area (Å²) in [7, 11) is 0. The Morgan fingerprint density at radius 1 is 1.00 bits per heavy atom. The monoisotopic (exact) mass is 296 g/mol. The standard InChI is InChI=1S/C13H10BrClO/c1-9-2-4-12(5-3-9)16-13-7-10(14)6-11(15)8-13/h2-8H,1H3. The first-order valence-corrected chi connectivity index (χ1v) is 6.01. The highest BCUT2D eigenvalue weighted by molar-refractivity contribution is 9.10. The van der Waals surface area contributed by atoms with Crippen LogP contribution in [0, 0.1) is 6.92 Å². The topological polar surface area (TPSA) is 9.23 Å². The Balaban J connectivity index is 2.23. The molecule has 0 aliphatic carbocycles. The van der Waals surface area contributed by atoms with Gasteiger partial charge in [-0.3, -0.25) is 0 Å². The second-order valence-electron chi connectivity index (χ2n) is 3.52. The van der Waals surface area contributed by atoms with Crippen molar-refractivity contribution in [1.29, 1.82) is 0 Å². The molecule has 1 nitrogen and oxygen atoms in total. The maximum Gasteiger partial charge on any atom is 0.130 e. The van der Waals surface area contributed by atoms with Crippen molar-refractivity contribution in [3.63, 3.8) is 0 Å². The van der Waals surface area contributed by atoms with Crippen LogP contribution < -0.4 is 4.74 Å². The van der Waals surface area contributed by atoms with Gasteiger partial charge in [0.05, 0.1) is 0 Å². The van der Waals surface area contributed by atoms with Crippen LogP contribution in [0.1, 0.15) is 5.56 Å². The fourth-order valence-electron chi connectivity index (χ4n) is 1.33. The zero-order valence-corrected chi connectivity index (χ0v) is 11.0. The molecular formula is C13H10BrClO. The minimum atomic E-state index is 0.650. The molecule has 0 bridgehead atoms. The minimum absolute atomic E-state index is 0.650. The number of benzene rings is 2. The average molecular weight is 298 g/mol. The van der Waals surface area contributed by atoms with Crippen LogP contribution in [0.4, 0.5) is 0 Å². The molecule has 0 saturated carbocycles. The molecule has 0 atom stereocenters. The van der Waals surface area contributed by atoms with Crippen LogP contribution in [0.2, 0.25) is 5.02 Å². The first-order chi connectivity index (χ1) is 7.63. The third-order valence-corrected chi connectivity index (χ3v) is 2.77. The predicted octanol–water partition coefficient (Wildman–Crippen LogP) is 5.20. The molecule has 0 aliphatic heterocycles. The molecule has 0 radical (unpaired) electrons. The molecule has 0 aromatic heterocycles. The van der Waals surface area contributed by atoms with E-state index < -0.39 is 0 Å². The van der Waals surface area contributed by atoms with Gasteiger partial charge in [-0.05, 0) is 37.3 Å². The molecule has 16 heavy (non-hydrogen) atoms. The summed E-state index contributed by atoms with van der Waals surface area (Å²) in [5.41, 5.74) is 1.21. The maximum atomic E-state index is 5.93. The van der Waals surface area contributed by atoms with E-state index in [1.165, 1.54) is 5.56 Å². The zero-order chi connectivity index (χ0) is 11.5. The first kappa shape index (κ1) is 11.5. The lowest BCUT2D eigenvalue weighted by molar-refractivity contribution is 0.482. The number of halogens is 2. The van der Waals surface area contributed by atoms with Gasteiger partial charge in [-0.2, -0.15) is 0 Å². The van der Waals surface area contributed by atoms with Gasteiger partial charge >= 0.3 is 0 Å². The van der Waals surface area contributed by atoms with E-state index in [1.807, 2.05) is 43.3 Å². The molecule has 0 unspecified atom stereocenters. The second-order valence-corrected chi connectivity index (χ2v) is 4.87. The lowest BCUT2D eigenvalue weighted by Gasteiger charge is -2.06. The lowest BCUT2D eigenvalue weighted by Crippen LogP contribution is -1.84. The molecule has 0 fully saturated rings. The number of aryl methyl sites for hydroxylation is 1. The predicted molar refractivity (Wildman–Crippen MR) is 70.4 cm³/mol. The minimum Gasteiger partial charge on any atom is -0.457 e. The number of ether oxygens (including phenoxy) is 1. The summed E-state index contributed by atoms with van der Waals surface area (Å²) in [6, 6.07) is 13.4. The fourth-order valence-corrected chi connectivity index (χ4v) is 2.16. The third kappa shape index (κ3) is 3.00. The first-order valence-electron chi connectivity index (χ1n) is 4.84. The van der Waals surface area contributed by atoms with Crippen LogP contribution in [0.15, 0.2) is 46.9 Å². The molecule has 0 heterocycles. The van der Waals surface area contributed by atoms with E-state index in [0.29, 0.717) is 5.02 Å². The van der Waals surface area contributed by atoms with E-state index in [1.54, 1.807) is 6.07 Å². The molecule has 0 N–H and O–H groups in total. The summed E-state index contributed by atoms with van der Waals surface area (Å²) in [6.07, 6.45) is 0. The Labute approximate surface area is 108 Å². The van der Waals surface area contributed by atoms with Gasteiger partial charge in [-0.1, -0.05) is 45.2 Å². The molecule has 0 saturated heterocycles. The molecule has 3 heteroatoms. The van der Waals surface area contributed by atoms with Crippen LogP contribution in [0.25, 0.3) is 0 Å². The SMILES string of the molecule is Cc1ccc(Oc2cc(Cl)cc(Br)c2)cc1. The van der Waals surface area contributed by atoms with Crippen LogP contribution in [-0.4, -0.2) is 0 Å². The van der Waals surface area contributed by atoms with Gasteiger partial charge in [-0.25, -0.2) is 0 Å². The van der Waals surface area contributed by atoms with E-state index >= 15 is 0 Å². The molecule has 2 aromatic rings. The number of hydrogen-bond donors (Lipinski definition) is 0. The van der Waals surface area contributed by atoms with E-state index in [-0.39, 0.29) is 0 Å². The normalized spacial score (nSPS) is 10.2. The maximum absolute atomic E-state index is 5.93. The zero-order valence-electron chi connectivity index (χ0n) is 8.71. The highest BCUT2D eigenvalue weighted by Crippen LogP contribution is 2.28. The third-order valence-electron chi connectivity index (χ3n) is 2.09. The van der Waals surface area contributed by atoms with Crippen LogP contribution in [0.3, 0.4) is 0 Å². The Kier molecular flexibility index (Phi) is 3.52. The summed E-state index contributed by atoms with van der Waals surface area (Å²) in [6.45, 7) is 2.04. The van der Waals surface area contributed by atoms with Crippen molar-refractivity contribution < 1.29 is 4.74 Å². The average Bonchev–Trinajstić information content (AvgIpc) is 2.20. The summed E-state index contributed by atoms with van der Waals surface area (Å²) >= 11 is 9.31. The summed E-state index contributed by atoms with van der Waals surface area (Å²) in [5.74, 6) is 1.53. The van der Waals surface area contributed by atoms with Crippen LogP contribution >= 0.6 is 27.5 Å². The summed E-state index contributed by atoms with van der Waals surface area (Å²) in [4.78, 5) is 0. The van der Waals surface area contributed by atoms with Gasteiger partial charge in [0.1, 0.15) is 11.5 Å². The van der Waals surface area contributed by atoms with Gasteiger partial charge in [0.15, 0.2) is 0 Å². The lowest BCUT2D eigenvalue weighted by atomic mass is 10.2. The van der Waals surface area contributed by atoms with Crippen molar-refractivity contribution in [2.24, 2.45) is 0 Å². The van der Waals surface area contributed by atoms with Gasteiger partial charge < -0.3 is 4.74 Å². The summed E-state index contributed by atoms with van der Waals surface area (Å²) < 4.78 is 6.59. The molecule has 0 spiro atoms. The molecule has 0 aliphatic rings. The Hall–Kier alpha value is -0.990. The van der Waals surface area contributed by atoms with Crippen molar-refractivity contribution in [3.8, 4) is 11.5 Å². The Morgan fingerprint density at radius 2 is 1.69 bits per heavy atom. The van der Waals surface area contributed by atoms with Gasteiger partial charge in [0.25, 0.3) is 0 Å². The van der Waals surface area contributed by atoms with Gasteiger partial charge in [0, 0.05) is 9.50 Å². The fraction of sp³-hybridized carbons (Fsp3) is 0.0769. The van der Waals surface area contributed by atoms with E-state index in [9.17, 15) is 0 Å².